The molecular weight excluding hydrogens is 430 g/mol. The van der Waals surface area contributed by atoms with Crippen molar-refractivity contribution in [1.29, 1.82) is 0 Å². The third-order valence-electron chi connectivity index (χ3n) is 4.18. The van der Waals surface area contributed by atoms with Gasteiger partial charge in [0.05, 0.1) is 0 Å². The normalized spacial score (nSPS) is 21.3. The fraction of sp³-hybridized carbons (Fsp3) is 0.278. The molecule has 10 nitrogen and oxygen atoms in total. The zero-order valence-corrected chi connectivity index (χ0v) is 17.5. The van der Waals surface area contributed by atoms with Crippen molar-refractivity contribution in [3.05, 3.63) is 47.2 Å². The van der Waals surface area contributed by atoms with Crippen LogP contribution in [0.25, 0.3) is 0 Å². The van der Waals surface area contributed by atoms with E-state index in [0.29, 0.717) is 11.3 Å². The van der Waals surface area contributed by atoms with Crippen molar-refractivity contribution in [2.75, 3.05) is 18.1 Å². The molecule has 0 aliphatic carbocycles. The van der Waals surface area contributed by atoms with Crippen LogP contribution in [0, 0.1) is 0 Å². The molecule has 30 heavy (non-hydrogen) atoms. The number of nitrogens with two attached hydrogens (primary N) is 1. The number of carboxylic acid groups (broad SMARTS) is 1. The molecule has 3 heterocycles. The predicted octanol–water partition coefficient (Wildman–Crippen LogP) is 0.947. The number of carboxylic acids is 1. The lowest BCUT2D eigenvalue weighted by Crippen LogP contribution is -2.71. The van der Waals surface area contributed by atoms with Crippen molar-refractivity contribution in [2.45, 2.75) is 18.3 Å². The molecule has 2 amide bonds. The van der Waals surface area contributed by atoms with E-state index in [0.717, 1.165) is 11.3 Å². The quantitative estimate of drug-likeness (QED) is 0.175. The summed E-state index contributed by atoms with van der Waals surface area (Å²) in [7, 11) is 0. The second-order valence-corrected chi connectivity index (χ2v) is 8.13. The number of carbonyl (C=O) groups is 3. The standard InChI is InChI=1S/C18H19N5O5S2/c1-3-5-9-7-29-16-12(15(25)23(16)13(9)17(26)27)21-14(24)11(22-28-6-4-2)10-8-30-18(19)20-10/h3-5,8,12,16H,2,6-7H2,1H3,(H2,19,20)(H,21,24)(H,26,27)/b5-3-,22-11-/t12-,16-/m1/s1. The van der Waals surface area contributed by atoms with Gasteiger partial charge >= 0.3 is 5.97 Å². The second-order valence-electron chi connectivity index (χ2n) is 6.14. The number of thiazole rings is 1. The first-order valence-corrected chi connectivity index (χ1v) is 10.7. The Morgan fingerprint density at radius 2 is 2.33 bits per heavy atom. The van der Waals surface area contributed by atoms with E-state index in [4.69, 9.17) is 10.6 Å². The van der Waals surface area contributed by atoms with Crippen molar-refractivity contribution < 1.29 is 24.3 Å². The maximum atomic E-state index is 12.8. The van der Waals surface area contributed by atoms with Crippen LogP contribution in [-0.4, -0.2) is 62.3 Å². The number of nitrogen functional groups attached to an aromatic ring is 1. The molecule has 2 aliphatic rings. The Hall–Kier alpha value is -3.12. The van der Waals surface area contributed by atoms with Crippen molar-refractivity contribution in [2.24, 2.45) is 5.16 Å². The number of thioether (sulfide) groups is 1. The maximum absolute atomic E-state index is 12.8. The SMILES string of the molecule is C=CCO/N=C(\C(=O)N[C@@H]1C(=O)N2C(C(=O)O)=C(/C=C\C)CS[C@H]12)c1csc(N)n1. The van der Waals surface area contributed by atoms with Gasteiger partial charge in [-0.1, -0.05) is 30.0 Å². The Bertz CT molecular complexity index is 983. The molecule has 1 fully saturated rings. The zero-order chi connectivity index (χ0) is 21.8. The third kappa shape index (κ3) is 4.09. The molecule has 0 bridgehead atoms. The van der Waals surface area contributed by atoms with Crippen LogP contribution in [0.15, 0.2) is 46.6 Å². The molecule has 1 aromatic rings. The van der Waals surface area contributed by atoms with Gasteiger partial charge < -0.3 is 21.0 Å². The van der Waals surface area contributed by atoms with E-state index >= 15 is 0 Å². The van der Waals surface area contributed by atoms with E-state index in [-0.39, 0.29) is 28.8 Å². The Labute approximate surface area is 180 Å². The average Bonchev–Trinajstić information content (AvgIpc) is 3.14. The minimum atomic E-state index is -1.19. The number of aromatic nitrogens is 1. The third-order valence-corrected chi connectivity index (χ3v) is 6.16. The molecule has 2 aliphatic heterocycles. The van der Waals surface area contributed by atoms with Crippen molar-refractivity contribution >= 4 is 51.7 Å². The Morgan fingerprint density at radius 1 is 1.57 bits per heavy atom. The van der Waals surface area contributed by atoms with Gasteiger partial charge in [0.25, 0.3) is 11.8 Å². The molecule has 1 aromatic heterocycles. The topological polar surface area (TPSA) is 147 Å². The molecule has 0 unspecified atom stereocenters. The summed E-state index contributed by atoms with van der Waals surface area (Å²) in [5.74, 6) is -1.98. The molecule has 1 saturated heterocycles. The highest BCUT2D eigenvalue weighted by Gasteiger charge is 2.54. The second kappa shape index (κ2) is 9.13. The first kappa shape index (κ1) is 21.6. The van der Waals surface area contributed by atoms with Gasteiger partial charge in [-0.25, -0.2) is 9.78 Å². The van der Waals surface area contributed by atoms with Gasteiger partial charge in [-0.15, -0.1) is 23.1 Å². The van der Waals surface area contributed by atoms with Crippen LogP contribution < -0.4 is 11.1 Å². The summed E-state index contributed by atoms with van der Waals surface area (Å²) in [4.78, 5) is 47.4. The molecule has 3 rings (SSSR count). The highest BCUT2D eigenvalue weighted by molar-refractivity contribution is 8.00. The summed E-state index contributed by atoms with van der Waals surface area (Å²) in [6.07, 6.45) is 4.84. The summed E-state index contributed by atoms with van der Waals surface area (Å²) < 4.78 is 0. The number of nitrogens with zero attached hydrogens (tertiary/aromatic N) is 3. The number of hydrogen-bond acceptors (Lipinski definition) is 9. The van der Waals surface area contributed by atoms with Crippen LogP contribution in [0.4, 0.5) is 5.13 Å². The van der Waals surface area contributed by atoms with Gasteiger partial charge in [0.15, 0.2) is 10.8 Å². The van der Waals surface area contributed by atoms with Crippen LogP contribution in [0.2, 0.25) is 0 Å². The number of fused-ring (bicyclic) bond motifs is 1. The summed E-state index contributed by atoms with van der Waals surface area (Å²) in [5, 5.41) is 17.2. The summed E-state index contributed by atoms with van der Waals surface area (Å²) in [5.41, 5.74) is 6.18. The molecule has 12 heteroatoms. The van der Waals surface area contributed by atoms with E-state index in [1.807, 2.05) is 0 Å². The lowest BCUT2D eigenvalue weighted by Gasteiger charge is -2.49. The van der Waals surface area contributed by atoms with Gasteiger partial charge in [0, 0.05) is 11.1 Å². The number of amides is 2. The summed E-state index contributed by atoms with van der Waals surface area (Å²) in [6, 6.07) is -0.899. The molecule has 4 N–H and O–H groups in total. The van der Waals surface area contributed by atoms with Gasteiger partial charge in [0.2, 0.25) is 0 Å². The number of allylic oxidation sites excluding steroid dienone is 2. The minimum absolute atomic E-state index is 0.0668. The molecule has 0 aromatic carbocycles. The zero-order valence-electron chi connectivity index (χ0n) is 15.9. The minimum Gasteiger partial charge on any atom is -0.477 e. The largest absolute Gasteiger partial charge is 0.477 e. The smallest absolute Gasteiger partial charge is 0.352 e. The first-order chi connectivity index (χ1) is 14.4. The molecular formula is C18H19N5O5S2. The van der Waals surface area contributed by atoms with E-state index in [1.54, 1.807) is 24.5 Å². The van der Waals surface area contributed by atoms with Crippen LogP contribution in [0.5, 0.6) is 0 Å². The Kier molecular flexibility index (Phi) is 6.57. The Balaban J connectivity index is 1.80. The summed E-state index contributed by atoms with van der Waals surface area (Å²) in [6.45, 7) is 5.35. The van der Waals surface area contributed by atoms with Crippen LogP contribution >= 0.6 is 23.1 Å². The van der Waals surface area contributed by atoms with Crippen LogP contribution in [0.3, 0.4) is 0 Å². The number of aliphatic carboxylic acids is 1. The van der Waals surface area contributed by atoms with E-state index in [2.05, 4.69) is 22.0 Å². The number of anilines is 1. The number of hydrogen-bond donors (Lipinski definition) is 3. The van der Waals surface area contributed by atoms with E-state index < -0.39 is 29.2 Å². The Morgan fingerprint density at radius 3 is 2.93 bits per heavy atom. The number of carbonyl (C=O) groups excluding carboxylic acids is 2. The fourth-order valence-corrected chi connectivity index (χ4v) is 4.80. The van der Waals surface area contributed by atoms with E-state index in [1.165, 1.54) is 22.7 Å². The molecule has 158 valence electrons. The van der Waals surface area contributed by atoms with Crippen LogP contribution in [0.1, 0.15) is 12.6 Å². The van der Waals surface area contributed by atoms with Crippen LogP contribution in [-0.2, 0) is 19.2 Å². The number of oxime groups is 1. The van der Waals surface area contributed by atoms with Gasteiger partial charge in [0.1, 0.15) is 29.4 Å². The summed E-state index contributed by atoms with van der Waals surface area (Å²) >= 11 is 2.50. The average molecular weight is 450 g/mol. The molecule has 0 spiro atoms. The molecule has 0 radical (unpaired) electrons. The van der Waals surface area contributed by atoms with Crippen molar-refractivity contribution in [1.82, 2.24) is 15.2 Å². The van der Waals surface area contributed by atoms with Crippen molar-refractivity contribution in [3.8, 4) is 0 Å². The lowest BCUT2D eigenvalue weighted by atomic mass is 10.0. The predicted molar refractivity (Wildman–Crippen MR) is 114 cm³/mol. The first-order valence-electron chi connectivity index (χ1n) is 8.76. The number of β-lactam (4-membered cyclic amide) rings is 1. The maximum Gasteiger partial charge on any atom is 0.352 e. The molecule has 2 atom stereocenters. The van der Waals surface area contributed by atoms with Gasteiger partial charge in [-0.05, 0) is 12.5 Å². The van der Waals surface area contributed by atoms with Gasteiger partial charge in [-0.3, -0.25) is 14.5 Å². The van der Waals surface area contributed by atoms with E-state index in [9.17, 15) is 19.5 Å². The highest BCUT2D eigenvalue weighted by Crippen LogP contribution is 2.40. The van der Waals surface area contributed by atoms with Crippen molar-refractivity contribution in [3.63, 3.8) is 0 Å². The number of nitrogens with one attached hydrogen (secondary N) is 1. The highest BCUT2D eigenvalue weighted by atomic mass is 32.2. The lowest BCUT2D eigenvalue weighted by molar-refractivity contribution is -0.150. The monoisotopic (exact) mass is 449 g/mol. The van der Waals surface area contributed by atoms with Gasteiger partial charge in [-0.2, -0.15) is 0 Å². The molecule has 0 saturated carbocycles. The number of rotatable bonds is 8. The fourth-order valence-electron chi connectivity index (χ4n) is 2.94.